The van der Waals surface area contributed by atoms with E-state index in [0.717, 1.165) is 18.2 Å². The molecule has 1 atom stereocenters. The number of carbonyl (C=O) groups is 2. The van der Waals surface area contributed by atoms with E-state index in [4.69, 9.17) is 9.47 Å². The third kappa shape index (κ3) is 5.17. The molecule has 0 bridgehead atoms. The fourth-order valence-electron chi connectivity index (χ4n) is 1.97. The molecule has 0 heterocycles. The molecular formula is C18H18F2N2O4. The van der Waals surface area contributed by atoms with Gasteiger partial charge in [0, 0.05) is 5.56 Å². The topological polar surface area (TPSA) is 76.7 Å². The third-order valence-corrected chi connectivity index (χ3v) is 3.30. The number of ether oxygens (including phenoxy) is 2. The third-order valence-electron chi connectivity index (χ3n) is 3.30. The Kier molecular flexibility index (Phi) is 6.48. The molecule has 26 heavy (non-hydrogen) atoms. The van der Waals surface area contributed by atoms with E-state index >= 15 is 0 Å². The van der Waals surface area contributed by atoms with Gasteiger partial charge in [-0.2, -0.15) is 0 Å². The van der Waals surface area contributed by atoms with Crippen LogP contribution in [0.3, 0.4) is 0 Å². The molecule has 2 rings (SSSR count). The van der Waals surface area contributed by atoms with Crippen LogP contribution in [0.1, 0.15) is 24.2 Å². The van der Waals surface area contributed by atoms with Crippen LogP contribution in [-0.2, 0) is 4.79 Å². The number of hydrazine groups is 1. The van der Waals surface area contributed by atoms with Gasteiger partial charge in [-0.1, -0.05) is 0 Å². The molecule has 0 aliphatic heterocycles. The number of hydrogen-bond acceptors (Lipinski definition) is 4. The quantitative estimate of drug-likeness (QED) is 0.773. The Morgan fingerprint density at radius 2 is 1.65 bits per heavy atom. The van der Waals surface area contributed by atoms with Crippen molar-refractivity contribution in [2.75, 3.05) is 6.61 Å². The number of carbonyl (C=O) groups excluding carboxylic acids is 2. The fraction of sp³-hybridized carbons (Fsp3) is 0.222. The molecule has 2 aromatic carbocycles. The second-order valence-corrected chi connectivity index (χ2v) is 5.24. The number of rotatable bonds is 6. The molecule has 0 fully saturated rings. The lowest BCUT2D eigenvalue weighted by molar-refractivity contribution is -0.128. The second kappa shape index (κ2) is 8.80. The number of hydrogen-bond donors (Lipinski definition) is 2. The van der Waals surface area contributed by atoms with Gasteiger partial charge in [0.25, 0.3) is 11.8 Å². The largest absolute Gasteiger partial charge is 0.494 e. The first-order valence-corrected chi connectivity index (χ1v) is 7.85. The summed E-state index contributed by atoms with van der Waals surface area (Å²) in [5.41, 5.74) is 4.14. The van der Waals surface area contributed by atoms with E-state index in [1.807, 2.05) is 6.92 Å². The lowest BCUT2D eigenvalue weighted by Crippen LogP contribution is -2.47. The van der Waals surface area contributed by atoms with Gasteiger partial charge in [-0.05, 0) is 56.3 Å². The molecular weight excluding hydrogens is 346 g/mol. The highest BCUT2D eigenvalue weighted by molar-refractivity contribution is 5.95. The Morgan fingerprint density at radius 1 is 1.00 bits per heavy atom. The van der Waals surface area contributed by atoms with E-state index in [1.165, 1.54) is 6.92 Å². The molecule has 1 unspecified atom stereocenters. The first kappa shape index (κ1) is 19.2. The van der Waals surface area contributed by atoms with Crippen LogP contribution < -0.4 is 20.3 Å². The SMILES string of the molecule is CCOc1ccc(OC(C)C(=O)NNC(=O)c2ccc(F)c(F)c2)cc1. The van der Waals surface area contributed by atoms with Gasteiger partial charge in [0.1, 0.15) is 11.5 Å². The van der Waals surface area contributed by atoms with Crippen molar-refractivity contribution in [3.63, 3.8) is 0 Å². The van der Waals surface area contributed by atoms with Gasteiger partial charge in [0.2, 0.25) is 0 Å². The van der Waals surface area contributed by atoms with Gasteiger partial charge in [-0.15, -0.1) is 0 Å². The van der Waals surface area contributed by atoms with Crippen molar-refractivity contribution in [1.82, 2.24) is 10.9 Å². The van der Waals surface area contributed by atoms with Crippen LogP contribution in [0.5, 0.6) is 11.5 Å². The molecule has 0 aliphatic rings. The van der Waals surface area contributed by atoms with Crippen LogP contribution in [0, 0.1) is 11.6 Å². The van der Waals surface area contributed by atoms with Crippen molar-refractivity contribution in [3.8, 4) is 11.5 Å². The van der Waals surface area contributed by atoms with Crippen LogP contribution in [0.25, 0.3) is 0 Å². The first-order chi connectivity index (χ1) is 12.4. The van der Waals surface area contributed by atoms with Crippen LogP contribution in [-0.4, -0.2) is 24.5 Å². The number of amides is 2. The zero-order chi connectivity index (χ0) is 19.1. The maximum atomic E-state index is 13.1. The van der Waals surface area contributed by atoms with Gasteiger partial charge in [-0.3, -0.25) is 20.4 Å². The first-order valence-electron chi connectivity index (χ1n) is 7.85. The highest BCUT2D eigenvalue weighted by Gasteiger charge is 2.16. The predicted octanol–water partition coefficient (Wildman–Crippen LogP) is 2.59. The highest BCUT2D eigenvalue weighted by Crippen LogP contribution is 2.18. The maximum Gasteiger partial charge on any atom is 0.279 e. The number of nitrogens with one attached hydrogen (secondary N) is 2. The molecule has 138 valence electrons. The van der Waals surface area contributed by atoms with Crippen LogP contribution in [0.2, 0.25) is 0 Å². The van der Waals surface area contributed by atoms with E-state index in [-0.39, 0.29) is 5.56 Å². The van der Waals surface area contributed by atoms with Gasteiger partial charge in [0.15, 0.2) is 17.7 Å². The highest BCUT2D eigenvalue weighted by atomic mass is 19.2. The molecule has 0 radical (unpaired) electrons. The van der Waals surface area contributed by atoms with Crippen molar-refractivity contribution < 1.29 is 27.8 Å². The van der Waals surface area contributed by atoms with E-state index in [9.17, 15) is 18.4 Å². The molecule has 0 saturated heterocycles. The normalized spacial score (nSPS) is 11.4. The summed E-state index contributed by atoms with van der Waals surface area (Å²) in [6.07, 6.45) is -0.904. The van der Waals surface area contributed by atoms with Gasteiger partial charge >= 0.3 is 0 Å². The molecule has 0 aliphatic carbocycles. The molecule has 0 saturated carbocycles. The molecule has 8 heteroatoms. The Labute approximate surface area is 149 Å². The fourth-order valence-corrected chi connectivity index (χ4v) is 1.97. The summed E-state index contributed by atoms with van der Waals surface area (Å²) in [7, 11) is 0. The summed E-state index contributed by atoms with van der Waals surface area (Å²) in [5, 5.41) is 0. The van der Waals surface area contributed by atoms with Crippen LogP contribution in [0.15, 0.2) is 42.5 Å². The van der Waals surface area contributed by atoms with E-state index in [1.54, 1.807) is 24.3 Å². The summed E-state index contributed by atoms with van der Waals surface area (Å²) in [6, 6.07) is 9.35. The number of halogens is 2. The molecule has 2 N–H and O–H groups in total. The van der Waals surface area contributed by atoms with E-state index in [2.05, 4.69) is 10.9 Å². The smallest absolute Gasteiger partial charge is 0.279 e. The molecule has 6 nitrogen and oxygen atoms in total. The van der Waals surface area contributed by atoms with Crippen molar-refractivity contribution in [2.24, 2.45) is 0 Å². The van der Waals surface area contributed by atoms with Crippen LogP contribution in [0.4, 0.5) is 8.78 Å². The Balaban J connectivity index is 1.86. The second-order valence-electron chi connectivity index (χ2n) is 5.24. The summed E-state index contributed by atoms with van der Waals surface area (Å²) in [4.78, 5) is 23.8. The monoisotopic (exact) mass is 364 g/mol. The number of benzene rings is 2. The maximum absolute atomic E-state index is 13.1. The summed E-state index contributed by atoms with van der Waals surface area (Å²) in [6.45, 7) is 3.90. The minimum atomic E-state index is -1.16. The van der Waals surface area contributed by atoms with Gasteiger partial charge in [-0.25, -0.2) is 8.78 Å². The molecule has 0 spiro atoms. The average Bonchev–Trinajstić information content (AvgIpc) is 2.63. The zero-order valence-electron chi connectivity index (χ0n) is 14.2. The minimum Gasteiger partial charge on any atom is -0.494 e. The van der Waals surface area contributed by atoms with Crippen LogP contribution >= 0.6 is 0 Å². The lowest BCUT2D eigenvalue weighted by Gasteiger charge is -2.15. The van der Waals surface area contributed by atoms with Gasteiger partial charge < -0.3 is 9.47 Å². The van der Waals surface area contributed by atoms with Crippen molar-refractivity contribution >= 4 is 11.8 Å². The molecule has 2 aromatic rings. The zero-order valence-corrected chi connectivity index (χ0v) is 14.2. The Bertz CT molecular complexity index is 781. The molecule has 2 amide bonds. The van der Waals surface area contributed by atoms with E-state index in [0.29, 0.717) is 18.1 Å². The lowest BCUT2D eigenvalue weighted by atomic mass is 10.2. The van der Waals surface area contributed by atoms with Gasteiger partial charge in [0.05, 0.1) is 6.61 Å². The van der Waals surface area contributed by atoms with Crippen molar-refractivity contribution in [3.05, 3.63) is 59.7 Å². The summed E-state index contributed by atoms with van der Waals surface area (Å²) >= 11 is 0. The average molecular weight is 364 g/mol. The minimum absolute atomic E-state index is 0.135. The Hall–Kier alpha value is -3.16. The van der Waals surface area contributed by atoms with Crippen molar-refractivity contribution in [2.45, 2.75) is 20.0 Å². The summed E-state index contributed by atoms with van der Waals surface area (Å²) < 4.78 is 36.7. The summed E-state index contributed by atoms with van der Waals surface area (Å²) in [5.74, 6) is -2.50. The molecule has 0 aromatic heterocycles. The van der Waals surface area contributed by atoms with E-state index < -0.39 is 29.6 Å². The van der Waals surface area contributed by atoms with Crippen molar-refractivity contribution in [1.29, 1.82) is 0 Å². The Morgan fingerprint density at radius 3 is 2.27 bits per heavy atom. The standard InChI is InChI=1S/C18H18F2N2O4/c1-3-25-13-5-7-14(8-6-13)26-11(2)17(23)21-22-18(24)12-4-9-15(19)16(20)10-12/h4-11H,3H2,1-2H3,(H,21,23)(H,22,24). The predicted molar refractivity (Wildman–Crippen MR) is 89.7 cm³/mol.